The molecule has 39 heteroatoms. The van der Waals surface area contributed by atoms with Crippen molar-refractivity contribution in [2.24, 2.45) is 0 Å². The third kappa shape index (κ3) is 11.7. The van der Waals surface area contributed by atoms with Crippen molar-refractivity contribution >= 4 is 30.4 Å². The minimum Gasteiger partial charge on any atom is -0.382 e. The molecular weight excluding hydrogens is 1040 g/mol. The molecule has 9 nitrogen and oxygen atoms in total. The number of halogens is 27. The fourth-order valence-electron chi connectivity index (χ4n) is 3.67. The molecule has 0 aromatic heterocycles. The fraction of sp³-hybridized carbons (Fsp3) is 0.750. The summed E-state index contributed by atoms with van der Waals surface area (Å²) < 4.78 is 439. The summed E-state index contributed by atoms with van der Waals surface area (Å²) >= 11 is 0. The van der Waals surface area contributed by atoms with Gasteiger partial charge < -0.3 is 12.5 Å². The summed E-state index contributed by atoms with van der Waals surface area (Å²) in [4.78, 5) is 0. The maximum absolute atomic E-state index is 13.9. The molecule has 0 radical (unpaired) electrons. The maximum atomic E-state index is 13.9. The zero-order valence-electron chi connectivity index (χ0n) is 28.6. The van der Waals surface area contributed by atoms with Crippen LogP contribution in [0.5, 0.6) is 17.2 Å². The van der Waals surface area contributed by atoms with Crippen LogP contribution in [0.25, 0.3) is 0 Å². The highest BCUT2D eigenvalue weighted by atomic mass is 32.2. The van der Waals surface area contributed by atoms with Crippen molar-refractivity contribution in [2.45, 2.75) is 91.1 Å². The Hall–Kier alpha value is -3.42. The van der Waals surface area contributed by atoms with Crippen LogP contribution in [0, 0.1) is 0 Å². The molecule has 0 fully saturated rings. The summed E-state index contributed by atoms with van der Waals surface area (Å²) in [6, 6.07) is -1.24. The summed E-state index contributed by atoms with van der Waals surface area (Å²) in [6.45, 7) is 0. The Kier molecular flexibility index (Phi) is 15.3. The largest absolute Gasteiger partial charge is 0.460 e. The number of benzene rings is 1. The monoisotopic (exact) mass is 1060 g/mol. The summed E-state index contributed by atoms with van der Waals surface area (Å²) in [5.41, 5.74) is 0. The number of hydrogen-bond donors (Lipinski definition) is 0. The van der Waals surface area contributed by atoms with Gasteiger partial charge in [0.05, 0.1) is 17.3 Å². The van der Waals surface area contributed by atoms with E-state index in [2.05, 4.69) is 12.5 Å². The summed E-state index contributed by atoms with van der Waals surface area (Å²) in [6.07, 6.45) is -32.3. The molecule has 0 unspecified atom stereocenters. The first-order chi connectivity index (χ1) is 27.1. The second-order valence-electron chi connectivity index (χ2n) is 11.9. The van der Waals surface area contributed by atoms with Crippen LogP contribution in [-0.4, -0.2) is 114 Å². The smallest absolute Gasteiger partial charge is 0.382 e. The zero-order chi connectivity index (χ0) is 50.7. The lowest BCUT2D eigenvalue weighted by Crippen LogP contribution is -2.61. The van der Waals surface area contributed by atoms with E-state index in [1.54, 1.807) is 0 Å². The van der Waals surface area contributed by atoms with E-state index in [9.17, 15) is 144 Å². The van der Waals surface area contributed by atoms with E-state index in [1.165, 1.54) is 0 Å². The minimum atomic E-state index is -7.66. The highest BCUT2D eigenvalue weighted by Gasteiger charge is 2.83. The standard InChI is InChI=1S/C24H15F27O9S3/c25-13(26,16(31,32)19(37,38)22(43,44)45)3-6-61(52,53)58-10-1-2-11(59-62(54,55)7-4-14(27,28)17(33,34)20(39,40)23(46,47)48)12(9-10)60-63(56,57)8-5-15(29,30)18(35,36)21(41,42)24(49,50)51/h1-2,9H,3-8H2. The van der Waals surface area contributed by atoms with Crippen molar-refractivity contribution in [2.75, 3.05) is 17.3 Å². The van der Waals surface area contributed by atoms with E-state index in [-0.39, 0.29) is 6.07 Å². The van der Waals surface area contributed by atoms with Crippen LogP contribution in [0.15, 0.2) is 18.2 Å². The lowest BCUT2D eigenvalue weighted by molar-refractivity contribution is -0.396. The Labute approximate surface area is 330 Å². The molecule has 1 aromatic carbocycles. The van der Waals surface area contributed by atoms with Gasteiger partial charge in [-0.2, -0.15) is 144 Å². The molecule has 0 saturated heterocycles. The molecule has 0 spiro atoms. The molecule has 1 aromatic rings. The molecule has 0 atom stereocenters. The SMILES string of the molecule is O=S(=O)(CCC(F)(F)C(F)(F)C(F)(F)C(F)(F)F)Oc1ccc(OS(=O)(=O)CCC(F)(F)C(F)(F)C(F)(F)C(F)(F)F)c(OS(=O)(=O)CCC(F)(F)C(F)(F)C(F)(F)C(F)(F)F)c1. The first kappa shape index (κ1) is 57.6. The van der Waals surface area contributed by atoms with E-state index in [4.69, 9.17) is 0 Å². The lowest BCUT2D eigenvalue weighted by Gasteiger charge is -2.33. The van der Waals surface area contributed by atoms with Crippen molar-refractivity contribution in [3.8, 4) is 17.2 Å². The topological polar surface area (TPSA) is 130 Å². The van der Waals surface area contributed by atoms with Crippen LogP contribution < -0.4 is 12.5 Å². The zero-order valence-corrected chi connectivity index (χ0v) is 31.0. The number of rotatable bonds is 21. The highest BCUT2D eigenvalue weighted by Crippen LogP contribution is 2.57. The van der Waals surface area contributed by atoms with Gasteiger partial charge in [-0.15, -0.1) is 0 Å². The minimum absolute atomic E-state index is 0.243. The third-order valence-corrected chi connectivity index (χ3v) is 10.6. The first-order valence-electron chi connectivity index (χ1n) is 14.6. The second-order valence-corrected chi connectivity index (χ2v) is 17.0. The van der Waals surface area contributed by atoms with E-state index in [0.29, 0.717) is 0 Å². The van der Waals surface area contributed by atoms with Crippen molar-refractivity contribution in [1.82, 2.24) is 0 Å². The molecule has 0 bridgehead atoms. The Morgan fingerprint density at radius 2 is 0.571 bits per heavy atom. The van der Waals surface area contributed by atoms with Gasteiger partial charge >= 0.3 is 102 Å². The van der Waals surface area contributed by atoms with Crippen molar-refractivity contribution < 1.29 is 156 Å². The Morgan fingerprint density at radius 3 is 0.825 bits per heavy atom. The number of hydrogen-bond acceptors (Lipinski definition) is 9. The number of alkyl halides is 27. The van der Waals surface area contributed by atoms with Gasteiger partial charge in [-0.25, -0.2) is 0 Å². The van der Waals surface area contributed by atoms with Gasteiger partial charge in [0.25, 0.3) is 0 Å². The maximum Gasteiger partial charge on any atom is 0.460 e. The van der Waals surface area contributed by atoms with E-state index >= 15 is 0 Å². The van der Waals surface area contributed by atoms with Gasteiger partial charge in [0.15, 0.2) is 11.5 Å². The average Bonchev–Trinajstić information content (AvgIpc) is 3.04. The van der Waals surface area contributed by atoms with E-state index < -0.39 is 168 Å². The molecule has 0 amide bonds. The molecule has 0 heterocycles. The molecule has 63 heavy (non-hydrogen) atoms. The van der Waals surface area contributed by atoms with Gasteiger partial charge in [0.2, 0.25) is 0 Å². The van der Waals surface area contributed by atoms with Gasteiger partial charge in [-0.05, 0) is 12.1 Å². The quantitative estimate of drug-likeness (QED) is 0.0874. The Balaban J connectivity index is 3.72. The molecule has 372 valence electrons. The van der Waals surface area contributed by atoms with Crippen LogP contribution >= 0.6 is 0 Å². The van der Waals surface area contributed by atoms with Crippen molar-refractivity contribution in [1.29, 1.82) is 0 Å². The Bertz CT molecular complexity index is 2130. The van der Waals surface area contributed by atoms with E-state index in [0.717, 1.165) is 0 Å². The van der Waals surface area contributed by atoms with Crippen molar-refractivity contribution in [3.05, 3.63) is 18.2 Å². The van der Waals surface area contributed by atoms with Gasteiger partial charge in [-0.3, -0.25) is 0 Å². The predicted octanol–water partition coefficient (Wildman–Crippen LogP) is 9.39. The molecule has 0 aliphatic heterocycles. The lowest BCUT2D eigenvalue weighted by atomic mass is 10.0. The van der Waals surface area contributed by atoms with E-state index in [1.807, 2.05) is 0 Å². The first-order valence-corrected chi connectivity index (χ1v) is 19.4. The van der Waals surface area contributed by atoms with Crippen molar-refractivity contribution in [3.63, 3.8) is 0 Å². The summed E-state index contributed by atoms with van der Waals surface area (Å²) in [5.74, 6) is -80.6. The van der Waals surface area contributed by atoms with Gasteiger partial charge in [0, 0.05) is 25.3 Å². The van der Waals surface area contributed by atoms with Crippen LogP contribution in [-0.2, 0) is 30.4 Å². The molecule has 0 N–H and O–H groups in total. The van der Waals surface area contributed by atoms with Gasteiger partial charge in [0.1, 0.15) is 5.75 Å². The predicted molar refractivity (Wildman–Crippen MR) is 146 cm³/mol. The molecule has 0 saturated carbocycles. The molecule has 1 rings (SSSR count). The second kappa shape index (κ2) is 16.8. The van der Waals surface area contributed by atoms with Crippen LogP contribution in [0.2, 0.25) is 0 Å². The molecule has 0 aliphatic carbocycles. The normalized spacial score (nSPS) is 15.7. The average molecular weight is 1060 g/mol. The highest BCUT2D eigenvalue weighted by molar-refractivity contribution is 7.87. The van der Waals surface area contributed by atoms with Crippen LogP contribution in [0.3, 0.4) is 0 Å². The Morgan fingerprint density at radius 1 is 0.333 bits per heavy atom. The fourth-order valence-corrected chi connectivity index (χ4v) is 6.65. The summed E-state index contributed by atoms with van der Waals surface area (Å²) in [5, 5.41) is 0. The van der Waals surface area contributed by atoms with Crippen LogP contribution in [0.1, 0.15) is 19.3 Å². The summed E-state index contributed by atoms with van der Waals surface area (Å²) in [7, 11) is -19.0. The third-order valence-electron chi connectivity index (χ3n) is 7.20. The van der Waals surface area contributed by atoms with Gasteiger partial charge in [-0.1, -0.05) is 0 Å². The molecular formula is C24H15F27O9S3. The van der Waals surface area contributed by atoms with Crippen LogP contribution in [0.4, 0.5) is 119 Å². The molecule has 0 aliphatic rings.